The third-order valence-corrected chi connectivity index (χ3v) is 4.81. The van der Waals surface area contributed by atoms with Crippen LogP contribution in [0.25, 0.3) is 0 Å². The lowest BCUT2D eigenvalue weighted by Gasteiger charge is -2.13. The second kappa shape index (κ2) is 9.98. The summed E-state index contributed by atoms with van der Waals surface area (Å²) in [6, 6.07) is 17.2. The minimum absolute atomic E-state index is 0.107. The number of ether oxygens (including phenoxy) is 2. The maximum atomic E-state index is 13.6. The fourth-order valence-corrected chi connectivity index (χ4v) is 2.92. The normalized spacial score (nSPS) is 10.4. The number of benzene rings is 3. The second-order valence-electron chi connectivity index (χ2n) is 6.62. The number of methoxy groups -OCH3 is 1. The minimum Gasteiger partial charge on any atom is -0.493 e. The Hall–Kier alpha value is -3.25. The van der Waals surface area contributed by atoms with Crippen molar-refractivity contribution in [3.8, 4) is 11.5 Å². The van der Waals surface area contributed by atoms with Crippen LogP contribution in [0.15, 0.2) is 60.7 Å². The van der Waals surface area contributed by atoms with E-state index in [0.29, 0.717) is 23.1 Å². The van der Waals surface area contributed by atoms with Gasteiger partial charge in [0.15, 0.2) is 18.1 Å². The highest BCUT2D eigenvalue weighted by Crippen LogP contribution is 2.29. The lowest BCUT2D eigenvalue weighted by Crippen LogP contribution is -2.21. The molecule has 0 aliphatic heterocycles. The smallest absolute Gasteiger partial charge is 0.262 e. The highest BCUT2D eigenvalue weighted by Gasteiger charge is 2.11. The van der Waals surface area contributed by atoms with Gasteiger partial charge in [0.25, 0.3) is 5.91 Å². The van der Waals surface area contributed by atoms with E-state index in [9.17, 15) is 9.18 Å². The number of halogens is 2. The van der Waals surface area contributed by atoms with E-state index in [1.54, 1.807) is 18.2 Å². The van der Waals surface area contributed by atoms with Crippen molar-refractivity contribution >= 4 is 28.9 Å². The Morgan fingerprint density at radius 1 is 1.07 bits per heavy atom. The Morgan fingerprint density at radius 2 is 1.87 bits per heavy atom. The molecule has 0 saturated heterocycles. The van der Waals surface area contributed by atoms with E-state index in [2.05, 4.69) is 10.6 Å². The summed E-state index contributed by atoms with van der Waals surface area (Å²) >= 11 is 6.15. The molecule has 2 N–H and O–H groups in total. The number of anilines is 2. The first-order valence-electron chi connectivity index (χ1n) is 9.30. The average Bonchev–Trinajstić information content (AvgIpc) is 2.75. The van der Waals surface area contributed by atoms with Gasteiger partial charge in [-0.15, -0.1) is 0 Å². The number of para-hydroxylation sites is 1. The summed E-state index contributed by atoms with van der Waals surface area (Å²) in [6.07, 6.45) is 0. The van der Waals surface area contributed by atoms with Crippen molar-refractivity contribution in [1.82, 2.24) is 0 Å². The molecule has 1 amide bonds. The van der Waals surface area contributed by atoms with E-state index in [1.165, 1.54) is 19.2 Å². The molecule has 0 spiro atoms. The van der Waals surface area contributed by atoms with Crippen LogP contribution in [0.3, 0.4) is 0 Å². The van der Waals surface area contributed by atoms with Crippen molar-refractivity contribution < 1.29 is 18.7 Å². The van der Waals surface area contributed by atoms with Gasteiger partial charge in [0, 0.05) is 17.3 Å². The molecule has 0 heterocycles. The first-order valence-corrected chi connectivity index (χ1v) is 9.68. The van der Waals surface area contributed by atoms with Gasteiger partial charge < -0.3 is 20.1 Å². The fourth-order valence-electron chi connectivity index (χ4n) is 2.74. The van der Waals surface area contributed by atoms with E-state index in [1.807, 2.05) is 37.3 Å². The standard InChI is InChI=1S/C23H22ClFN2O3/c1-15-7-9-17(12-18(15)24)26-13-16-8-10-21(22(11-16)29-2)30-14-23(28)27-20-6-4-3-5-19(20)25/h3-12,26H,13-14H2,1-2H3,(H,27,28). The number of hydrogen-bond acceptors (Lipinski definition) is 4. The molecule has 0 aromatic heterocycles. The van der Waals surface area contributed by atoms with Crippen LogP contribution < -0.4 is 20.1 Å². The average molecular weight is 429 g/mol. The molecule has 0 aliphatic rings. The van der Waals surface area contributed by atoms with Gasteiger partial charge in [0.2, 0.25) is 0 Å². The summed E-state index contributed by atoms with van der Waals surface area (Å²) in [7, 11) is 1.53. The highest BCUT2D eigenvalue weighted by molar-refractivity contribution is 6.31. The number of carbonyl (C=O) groups excluding carboxylic acids is 1. The number of aryl methyl sites for hydroxylation is 1. The molecule has 0 fully saturated rings. The van der Waals surface area contributed by atoms with Gasteiger partial charge in [-0.05, 0) is 54.4 Å². The molecule has 7 heteroatoms. The first kappa shape index (κ1) is 21.5. The number of nitrogens with one attached hydrogen (secondary N) is 2. The third-order valence-electron chi connectivity index (χ3n) is 4.40. The molecule has 5 nitrogen and oxygen atoms in total. The zero-order valence-corrected chi connectivity index (χ0v) is 17.4. The Morgan fingerprint density at radius 3 is 2.60 bits per heavy atom. The zero-order chi connectivity index (χ0) is 21.5. The molecule has 0 saturated carbocycles. The SMILES string of the molecule is COc1cc(CNc2ccc(C)c(Cl)c2)ccc1OCC(=O)Nc1ccccc1F. The van der Waals surface area contributed by atoms with E-state index >= 15 is 0 Å². The molecule has 3 aromatic carbocycles. The topological polar surface area (TPSA) is 59.6 Å². The summed E-state index contributed by atoms with van der Waals surface area (Å²) < 4.78 is 24.6. The molecular formula is C23H22ClFN2O3. The van der Waals surface area contributed by atoms with Crippen LogP contribution >= 0.6 is 11.6 Å². The molecule has 30 heavy (non-hydrogen) atoms. The second-order valence-corrected chi connectivity index (χ2v) is 7.03. The summed E-state index contributed by atoms with van der Waals surface area (Å²) in [5, 5.41) is 6.48. The van der Waals surface area contributed by atoms with Crippen molar-refractivity contribution in [2.45, 2.75) is 13.5 Å². The van der Waals surface area contributed by atoms with Crippen molar-refractivity contribution in [2.24, 2.45) is 0 Å². The van der Waals surface area contributed by atoms with Crippen LogP contribution in [0, 0.1) is 12.7 Å². The summed E-state index contributed by atoms with van der Waals surface area (Å²) in [6.45, 7) is 2.24. The largest absolute Gasteiger partial charge is 0.493 e. The molecular weight excluding hydrogens is 407 g/mol. The maximum Gasteiger partial charge on any atom is 0.262 e. The number of carbonyl (C=O) groups is 1. The molecule has 3 aromatic rings. The molecule has 0 aliphatic carbocycles. The zero-order valence-electron chi connectivity index (χ0n) is 16.7. The van der Waals surface area contributed by atoms with Gasteiger partial charge in [-0.25, -0.2) is 4.39 Å². The Bertz CT molecular complexity index is 1040. The molecule has 0 bridgehead atoms. The number of amides is 1. The molecule has 0 atom stereocenters. The van der Waals surface area contributed by atoms with E-state index < -0.39 is 11.7 Å². The molecule has 3 rings (SSSR count). The third kappa shape index (κ3) is 5.64. The first-order chi connectivity index (χ1) is 14.5. The van der Waals surface area contributed by atoms with Gasteiger partial charge in [-0.3, -0.25) is 4.79 Å². The van der Waals surface area contributed by atoms with Gasteiger partial charge in [0.05, 0.1) is 12.8 Å². The molecule has 0 radical (unpaired) electrons. The van der Waals surface area contributed by atoms with E-state index in [4.69, 9.17) is 21.1 Å². The van der Waals surface area contributed by atoms with Crippen LogP contribution in [-0.2, 0) is 11.3 Å². The highest BCUT2D eigenvalue weighted by atomic mass is 35.5. The number of hydrogen-bond donors (Lipinski definition) is 2. The monoisotopic (exact) mass is 428 g/mol. The Labute approximate surface area is 179 Å². The van der Waals surface area contributed by atoms with Crippen molar-refractivity contribution in [3.63, 3.8) is 0 Å². The van der Waals surface area contributed by atoms with Gasteiger partial charge in [-0.1, -0.05) is 35.9 Å². The molecule has 0 unspecified atom stereocenters. The van der Waals surface area contributed by atoms with Gasteiger partial charge in [-0.2, -0.15) is 0 Å². The molecule has 156 valence electrons. The quantitative estimate of drug-likeness (QED) is 0.502. The van der Waals surface area contributed by atoms with Crippen LogP contribution in [0.1, 0.15) is 11.1 Å². The predicted molar refractivity (Wildman–Crippen MR) is 117 cm³/mol. The predicted octanol–water partition coefficient (Wildman–Crippen LogP) is 5.43. The van der Waals surface area contributed by atoms with Gasteiger partial charge >= 0.3 is 0 Å². The lowest BCUT2D eigenvalue weighted by atomic mass is 10.2. The Kier molecular flexibility index (Phi) is 7.14. The Balaban J connectivity index is 1.59. The maximum absolute atomic E-state index is 13.6. The summed E-state index contributed by atoms with van der Waals surface area (Å²) in [4.78, 5) is 12.1. The van der Waals surface area contributed by atoms with Crippen molar-refractivity contribution in [2.75, 3.05) is 24.4 Å². The van der Waals surface area contributed by atoms with Crippen LogP contribution in [0.5, 0.6) is 11.5 Å². The fraction of sp³-hybridized carbons (Fsp3) is 0.174. The lowest BCUT2D eigenvalue weighted by molar-refractivity contribution is -0.118. The minimum atomic E-state index is -0.504. The number of rotatable bonds is 8. The van der Waals surface area contributed by atoms with Gasteiger partial charge in [0.1, 0.15) is 5.82 Å². The van der Waals surface area contributed by atoms with Crippen molar-refractivity contribution in [1.29, 1.82) is 0 Å². The van der Waals surface area contributed by atoms with Crippen LogP contribution in [0.4, 0.5) is 15.8 Å². The van der Waals surface area contributed by atoms with Crippen LogP contribution in [-0.4, -0.2) is 19.6 Å². The summed E-state index contributed by atoms with van der Waals surface area (Å²) in [5.74, 6) is -0.0578. The van der Waals surface area contributed by atoms with E-state index in [-0.39, 0.29) is 12.3 Å². The summed E-state index contributed by atoms with van der Waals surface area (Å²) in [5.41, 5.74) is 3.00. The van der Waals surface area contributed by atoms with E-state index in [0.717, 1.165) is 16.8 Å². The van der Waals surface area contributed by atoms with Crippen LogP contribution in [0.2, 0.25) is 5.02 Å². The van der Waals surface area contributed by atoms with Crippen molar-refractivity contribution in [3.05, 3.63) is 82.6 Å².